The summed E-state index contributed by atoms with van der Waals surface area (Å²) < 4.78 is 0. The molecule has 0 spiro atoms. The van der Waals surface area contributed by atoms with E-state index in [4.69, 9.17) is 5.73 Å². The molecule has 4 N–H and O–H groups in total. The minimum absolute atomic E-state index is 0.211. The number of anilines is 1. The number of benzene rings is 1. The Bertz CT molecular complexity index is 551. The minimum Gasteiger partial charge on any atom is -0.398 e. The summed E-state index contributed by atoms with van der Waals surface area (Å²) in [7, 11) is 0. The lowest BCUT2D eigenvalue weighted by atomic mass is 10.1. The van der Waals surface area contributed by atoms with Crippen LogP contribution in [0.3, 0.4) is 0 Å². The second-order valence-electron chi connectivity index (χ2n) is 3.98. The SMILES string of the molecule is Cc1c(N)cccc1C(=O)NC(C)c1nn[nH]n1. The maximum Gasteiger partial charge on any atom is 0.252 e. The Morgan fingerprint density at radius 1 is 1.50 bits per heavy atom. The molecule has 0 fully saturated rings. The third-order valence-corrected chi connectivity index (χ3v) is 2.72. The first kappa shape index (κ1) is 12.0. The highest BCUT2D eigenvalue weighted by atomic mass is 16.1. The molecule has 0 aliphatic heterocycles. The zero-order valence-electron chi connectivity index (χ0n) is 10.1. The van der Waals surface area contributed by atoms with Crippen LogP contribution in [-0.4, -0.2) is 26.5 Å². The number of H-pyrrole nitrogens is 1. The fraction of sp³-hybridized carbons (Fsp3) is 0.273. The summed E-state index contributed by atoms with van der Waals surface area (Å²) in [5.41, 5.74) is 7.66. The van der Waals surface area contributed by atoms with Crippen molar-refractivity contribution in [1.29, 1.82) is 0 Å². The highest BCUT2D eigenvalue weighted by molar-refractivity contribution is 5.97. The van der Waals surface area contributed by atoms with E-state index in [-0.39, 0.29) is 11.9 Å². The minimum atomic E-state index is -0.322. The van der Waals surface area contributed by atoms with E-state index in [0.717, 1.165) is 5.56 Å². The predicted octanol–water partition coefficient (Wildman–Crippen LogP) is 0.581. The van der Waals surface area contributed by atoms with Crippen LogP contribution in [-0.2, 0) is 0 Å². The van der Waals surface area contributed by atoms with Gasteiger partial charge in [-0.1, -0.05) is 11.3 Å². The summed E-state index contributed by atoms with van der Waals surface area (Å²) in [5, 5.41) is 16.2. The second kappa shape index (κ2) is 4.82. The van der Waals surface area contributed by atoms with Gasteiger partial charge >= 0.3 is 0 Å². The van der Waals surface area contributed by atoms with Crippen molar-refractivity contribution in [3.8, 4) is 0 Å². The van der Waals surface area contributed by atoms with Gasteiger partial charge in [0.2, 0.25) is 0 Å². The maximum absolute atomic E-state index is 12.1. The Labute approximate surface area is 104 Å². The third-order valence-electron chi connectivity index (χ3n) is 2.72. The number of hydrogen-bond acceptors (Lipinski definition) is 5. The van der Waals surface area contributed by atoms with Crippen molar-refractivity contribution in [3.05, 3.63) is 35.2 Å². The molecule has 1 amide bonds. The zero-order valence-corrected chi connectivity index (χ0v) is 10.1. The number of nitrogen functional groups attached to an aromatic ring is 1. The number of nitrogens with one attached hydrogen (secondary N) is 2. The standard InChI is InChI=1S/C11H14N6O/c1-6-8(4-3-5-9(6)12)11(18)13-7(2)10-14-16-17-15-10/h3-5,7H,12H2,1-2H3,(H,13,18)(H,14,15,16,17). The van der Waals surface area contributed by atoms with Crippen LogP contribution in [0.2, 0.25) is 0 Å². The van der Waals surface area contributed by atoms with Crippen LogP contribution >= 0.6 is 0 Å². The van der Waals surface area contributed by atoms with Crippen LogP contribution < -0.4 is 11.1 Å². The van der Waals surface area contributed by atoms with E-state index < -0.39 is 0 Å². The van der Waals surface area contributed by atoms with Gasteiger partial charge in [-0.2, -0.15) is 5.21 Å². The number of nitrogens with two attached hydrogens (primary N) is 1. The third kappa shape index (κ3) is 2.29. The molecule has 2 rings (SSSR count). The van der Waals surface area contributed by atoms with E-state index in [1.54, 1.807) is 25.1 Å². The molecule has 0 saturated heterocycles. The quantitative estimate of drug-likeness (QED) is 0.686. The number of carbonyl (C=O) groups is 1. The molecule has 0 bridgehead atoms. The van der Waals surface area contributed by atoms with Gasteiger partial charge in [0.15, 0.2) is 5.82 Å². The topological polar surface area (TPSA) is 110 Å². The van der Waals surface area contributed by atoms with Crippen molar-refractivity contribution in [2.45, 2.75) is 19.9 Å². The summed E-state index contributed by atoms with van der Waals surface area (Å²) in [6, 6.07) is 4.91. The van der Waals surface area contributed by atoms with Gasteiger partial charge in [0, 0.05) is 11.3 Å². The van der Waals surface area contributed by atoms with Crippen molar-refractivity contribution in [1.82, 2.24) is 25.9 Å². The van der Waals surface area contributed by atoms with Gasteiger partial charge < -0.3 is 11.1 Å². The molecule has 1 unspecified atom stereocenters. The van der Waals surface area contributed by atoms with Crippen LogP contribution in [0.5, 0.6) is 0 Å². The number of aromatic amines is 1. The van der Waals surface area contributed by atoms with Crippen molar-refractivity contribution in [2.75, 3.05) is 5.73 Å². The van der Waals surface area contributed by atoms with Crippen LogP contribution in [0.1, 0.15) is 34.7 Å². The van der Waals surface area contributed by atoms with Crippen molar-refractivity contribution in [2.24, 2.45) is 0 Å². The largest absolute Gasteiger partial charge is 0.398 e. The van der Waals surface area contributed by atoms with E-state index in [1.165, 1.54) is 0 Å². The van der Waals surface area contributed by atoms with Crippen LogP contribution in [0.15, 0.2) is 18.2 Å². The van der Waals surface area contributed by atoms with E-state index in [1.807, 2.05) is 6.92 Å². The van der Waals surface area contributed by atoms with Crippen molar-refractivity contribution < 1.29 is 4.79 Å². The van der Waals surface area contributed by atoms with Crippen LogP contribution in [0.25, 0.3) is 0 Å². The molecule has 7 nitrogen and oxygen atoms in total. The number of tetrazole rings is 1. The first-order valence-corrected chi connectivity index (χ1v) is 5.49. The summed E-state index contributed by atoms with van der Waals surface area (Å²) >= 11 is 0. The van der Waals surface area contributed by atoms with Gasteiger partial charge in [-0.3, -0.25) is 4.79 Å². The summed E-state index contributed by atoms with van der Waals surface area (Å²) in [6.07, 6.45) is 0. The Morgan fingerprint density at radius 2 is 2.28 bits per heavy atom. The smallest absolute Gasteiger partial charge is 0.252 e. The van der Waals surface area contributed by atoms with Gasteiger partial charge in [-0.25, -0.2) is 0 Å². The number of amides is 1. The predicted molar refractivity (Wildman–Crippen MR) is 65.7 cm³/mol. The molecule has 0 saturated carbocycles. The molecule has 94 valence electrons. The average molecular weight is 246 g/mol. The number of rotatable bonds is 3. The second-order valence-corrected chi connectivity index (χ2v) is 3.98. The molecule has 1 aromatic heterocycles. The lowest BCUT2D eigenvalue weighted by molar-refractivity contribution is 0.0937. The summed E-state index contributed by atoms with van der Waals surface area (Å²) in [4.78, 5) is 12.1. The molecule has 0 aliphatic carbocycles. The number of carbonyl (C=O) groups excluding carboxylic acids is 1. The number of nitrogens with zero attached hydrogens (tertiary/aromatic N) is 3. The van der Waals surface area contributed by atoms with E-state index in [0.29, 0.717) is 17.1 Å². The Hall–Kier alpha value is -2.44. The molecule has 18 heavy (non-hydrogen) atoms. The summed E-state index contributed by atoms with van der Waals surface area (Å²) in [6.45, 7) is 3.59. The molecular weight excluding hydrogens is 232 g/mol. The van der Waals surface area contributed by atoms with Crippen LogP contribution in [0.4, 0.5) is 5.69 Å². The lowest BCUT2D eigenvalue weighted by Crippen LogP contribution is -2.28. The maximum atomic E-state index is 12.1. The molecule has 1 heterocycles. The van der Waals surface area contributed by atoms with Gasteiger partial charge in [0.1, 0.15) is 0 Å². The molecule has 2 aromatic rings. The van der Waals surface area contributed by atoms with E-state index >= 15 is 0 Å². The van der Waals surface area contributed by atoms with Gasteiger partial charge in [-0.15, -0.1) is 10.2 Å². The van der Waals surface area contributed by atoms with Gasteiger partial charge in [-0.05, 0) is 31.5 Å². The Kier molecular flexibility index (Phi) is 3.22. The number of aromatic nitrogens is 4. The highest BCUT2D eigenvalue weighted by Crippen LogP contribution is 2.16. The van der Waals surface area contributed by atoms with Gasteiger partial charge in [0.05, 0.1) is 6.04 Å². The molecule has 0 aliphatic rings. The monoisotopic (exact) mass is 246 g/mol. The molecule has 1 atom stereocenters. The summed E-state index contributed by atoms with van der Waals surface area (Å²) in [5.74, 6) is 0.224. The van der Waals surface area contributed by atoms with Gasteiger partial charge in [0.25, 0.3) is 5.91 Å². The molecular formula is C11H14N6O. The Morgan fingerprint density at radius 3 is 2.94 bits per heavy atom. The van der Waals surface area contributed by atoms with E-state index in [2.05, 4.69) is 25.9 Å². The Balaban J connectivity index is 2.15. The zero-order chi connectivity index (χ0) is 13.1. The van der Waals surface area contributed by atoms with E-state index in [9.17, 15) is 4.79 Å². The normalized spacial score (nSPS) is 12.1. The first-order valence-electron chi connectivity index (χ1n) is 5.49. The highest BCUT2D eigenvalue weighted by Gasteiger charge is 2.16. The first-order chi connectivity index (χ1) is 8.59. The van der Waals surface area contributed by atoms with Crippen LogP contribution in [0, 0.1) is 6.92 Å². The number of hydrogen-bond donors (Lipinski definition) is 3. The average Bonchev–Trinajstić information content (AvgIpc) is 2.86. The fourth-order valence-electron chi connectivity index (χ4n) is 1.59. The lowest BCUT2D eigenvalue weighted by Gasteiger charge is -2.12. The molecule has 0 radical (unpaired) electrons. The van der Waals surface area contributed by atoms with Crippen molar-refractivity contribution >= 4 is 11.6 Å². The molecule has 7 heteroatoms. The van der Waals surface area contributed by atoms with Crippen molar-refractivity contribution in [3.63, 3.8) is 0 Å². The fourth-order valence-corrected chi connectivity index (χ4v) is 1.59. The molecule has 1 aromatic carbocycles.